The highest BCUT2D eigenvalue weighted by Crippen LogP contribution is 2.20. The molecule has 22 heavy (non-hydrogen) atoms. The zero-order valence-electron chi connectivity index (χ0n) is 12.4. The summed E-state index contributed by atoms with van der Waals surface area (Å²) in [6.07, 6.45) is 0. The van der Waals surface area contributed by atoms with E-state index in [4.69, 9.17) is 0 Å². The summed E-state index contributed by atoms with van der Waals surface area (Å²) in [6.45, 7) is 3.78. The number of halogens is 1. The molecule has 2 aromatic carbocycles. The number of benzene rings is 2. The van der Waals surface area contributed by atoms with Gasteiger partial charge in [-0.05, 0) is 37.1 Å². The average molecular weight is 361 g/mol. The van der Waals surface area contributed by atoms with Crippen molar-refractivity contribution in [3.8, 4) is 0 Å². The number of hydrogen-bond donors (Lipinski definition) is 2. The van der Waals surface area contributed by atoms with Gasteiger partial charge in [-0.15, -0.1) is 0 Å². The van der Waals surface area contributed by atoms with Crippen LogP contribution in [0.25, 0.3) is 0 Å². The molecule has 2 N–H and O–H groups in total. The van der Waals surface area contributed by atoms with Crippen molar-refractivity contribution in [2.75, 3.05) is 5.32 Å². The van der Waals surface area contributed by atoms with Crippen molar-refractivity contribution in [2.45, 2.75) is 19.9 Å². The standard InChI is InChI=1S/C17H17BrN2O2/c1-11-8-9-14(10-15(11)18)20-17(22)16(21)19-12(2)13-6-4-3-5-7-13/h3-10,12H,1-2H3,(H,19,21)(H,20,22). The van der Waals surface area contributed by atoms with Gasteiger partial charge in [0.15, 0.2) is 0 Å². The van der Waals surface area contributed by atoms with Gasteiger partial charge in [-0.25, -0.2) is 0 Å². The second-order valence-electron chi connectivity index (χ2n) is 5.02. The Morgan fingerprint density at radius 2 is 1.73 bits per heavy atom. The summed E-state index contributed by atoms with van der Waals surface area (Å²) in [6, 6.07) is 14.6. The summed E-state index contributed by atoms with van der Waals surface area (Å²) in [4.78, 5) is 23.9. The second kappa shape index (κ2) is 7.22. The molecule has 0 aliphatic heterocycles. The number of aryl methyl sites for hydroxylation is 1. The number of hydrogen-bond acceptors (Lipinski definition) is 2. The highest BCUT2D eigenvalue weighted by Gasteiger charge is 2.17. The van der Waals surface area contributed by atoms with Crippen molar-refractivity contribution in [3.05, 3.63) is 64.1 Å². The third kappa shape index (κ3) is 4.18. The van der Waals surface area contributed by atoms with Crippen LogP contribution in [-0.4, -0.2) is 11.8 Å². The molecule has 0 spiro atoms. The lowest BCUT2D eigenvalue weighted by Gasteiger charge is -2.14. The van der Waals surface area contributed by atoms with Crippen molar-refractivity contribution in [2.24, 2.45) is 0 Å². The largest absolute Gasteiger partial charge is 0.341 e. The van der Waals surface area contributed by atoms with Crippen molar-refractivity contribution >= 4 is 33.4 Å². The predicted octanol–water partition coefficient (Wildman–Crippen LogP) is 3.57. The first-order valence-electron chi connectivity index (χ1n) is 6.90. The first-order valence-corrected chi connectivity index (χ1v) is 7.69. The van der Waals surface area contributed by atoms with Crippen molar-refractivity contribution < 1.29 is 9.59 Å². The van der Waals surface area contributed by atoms with Gasteiger partial charge in [-0.1, -0.05) is 52.3 Å². The van der Waals surface area contributed by atoms with Crippen LogP contribution in [0.3, 0.4) is 0 Å². The maximum Gasteiger partial charge on any atom is 0.313 e. The van der Waals surface area contributed by atoms with E-state index in [1.807, 2.05) is 50.2 Å². The third-order valence-electron chi connectivity index (χ3n) is 3.28. The molecule has 0 radical (unpaired) electrons. The Hall–Kier alpha value is -2.14. The fourth-order valence-corrected chi connectivity index (χ4v) is 2.32. The van der Waals surface area contributed by atoms with E-state index in [0.29, 0.717) is 5.69 Å². The van der Waals surface area contributed by atoms with Crippen LogP contribution in [0.2, 0.25) is 0 Å². The zero-order chi connectivity index (χ0) is 16.1. The molecule has 4 nitrogen and oxygen atoms in total. The van der Waals surface area contributed by atoms with E-state index in [-0.39, 0.29) is 6.04 Å². The lowest BCUT2D eigenvalue weighted by molar-refractivity contribution is -0.136. The molecular formula is C17H17BrN2O2. The maximum absolute atomic E-state index is 11.9. The van der Waals surface area contributed by atoms with E-state index in [1.54, 1.807) is 12.1 Å². The first kappa shape index (κ1) is 16.2. The van der Waals surface area contributed by atoms with E-state index in [1.165, 1.54) is 0 Å². The molecule has 114 valence electrons. The Labute approximate surface area is 138 Å². The quantitative estimate of drug-likeness (QED) is 0.822. The Balaban J connectivity index is 1.97. The first-order chi connectivity index (χ1) is 10.5. The molecule has 1 atom stereocenters. The molecule has 0 saturated heterocycles. The summed E-state index contributed by atoms with van der Waals surface area (Å²) in [5, 5.41) is 5.27. The predicted molar refractivity (Wildman–Crippen MR) is 90.5 cm³/mol. The normalized spacial score (nSPS) is 11.6. The minimum Gasteiger partial charge on any atom is -0.341 e. The molecule has 0 aliphatic carbocycles. The van der Waals surface area contributed by atoms with Crippen molar-refractivity contribution in [3.63, 3.8) is 0 Å². The van der Waals surface area contributed by atoms with Gasteiger partial charge in [0.05, 0.1) is 6.04 Å². The summed E-state index contributed by atoms with van der Waals surface area (Å²) < 4.78 is 0.878. The number of carbonyl (C=O) groups is 2. The van der Waals surface area contributed by atoms with E-state index < -0.39 is 11.8 Å². The van der Waals surface area contributed by atoms with Crippen molar-refractivity contribution in [1.29, 1.82) is 0 Å². The van der Waals surface area contributed by atoms with E-state index in [2.05, 4.69) is 26.6 Å². The Kier molecular flexibility index (Phi) is 5.33. The van der Waals surface area contributed by atoms with Gasteiger partial charge in [-0.2, -0.15) is 0 Å². The van der Waals surface area contributed by atoms with Gasteiger partial charge in [0.2, 0.25) is 0 Å². The van der Waals surface area contributed by atoms with Crippen LogP contribution in [0.1, 0.15) is 24.1 Å². The van der Waals surface area contributed by atoms with E-state index in [0.717, 1.165) is 15.6 Å². The van der Waals surface area contributed by atoms with Gasteiger partial charge in [0.1, 0.15) is 0 Å². The summed E-state index contributed by atoms with van der Waals surface area (Å²) in [7, 11) is 0. The molecule has 0 aliphatic rings. The second-order valence-corrected chi connectivity index (χ2v) is 5.88. The van der Waals surface area contributed by atoms with Crippen LogP contribution in [0, 0.1) is 6.92 Å². The van der Waals surface area contributed by atoms with Crippen molar-refractivity contribution in [1.82, 2.24) is 5.32 Å². The van der Waals surface area contributed by atoms with Gasteiger partial charge in [0, 0.05) is 10.2 Å². The van der Waals surface area contributed by atoms with Crippen LogP contribution >= 0.6 is 15.9 Å². The van der Waals surface area contributed by atoms with E-state index in [9.17, 15) is 9.59 Å². The third-order valence-corrected chi connectivity index (χ3v) is 4.14. The molecule has 0 fully saturated rings. The number of rotatable bonds is 3. The molecule has 0 aromatic heterocycles. The summed E-state index contributed by atoms with van der Waals surface area (Å²) in [5.74, 6) is -1.34. The van der Waals surface area contributed by atoms with Gasteiger partial charge in [-0.3, -0.25) is 9.59 Å². The molecule has 0 saturated carbocycles. The van der Waals surface area contributed by atoms with Gasteiger partial charge in [0.25, 0.3) is 0 Å². The molecule has 5 heteroatoms. The minimum absolute atomic E-state index is 0.232. The van der Waals surface area contributed by atoms with Gasteiger partial charge < -0.3 is 10.6 Å². The summed E-state index contributed by atoms with van der Waals surface area (Å²) in [5.41, 5.74) is 2.58. The Morgan fingerprint density at radius 3 is 2.36 bits per heavy atom. The van der Waals surface area contributed by atoms with Crippen LogP contribution in [-0.2, 0) is 9.59 Å². The highest BCUT2D eigenvalue weighted by atomic mass is 79.9. The fourth-order valence-electron chi connectivity index (χ4n) is 1.95. The molecular weight excluding hydrogens is 344 g/mol. The molecule has 2 amide bonds. The zero-order valence-corrected chi connectivity index (χ0v) is 14.0. The minimum atomic E-state index is -0.682. The fraction of sp³-hybridized carbons (Fsp3) is 0.176. The lowest BCUT2D eigenvalue weighted by atomic mass is 10.1. The smallest absolute Gasteiger partial charge is 0.313 e. The monoisotopic (exact) mass is 360 g/mol. The van der Waals surface area contributed by atoms with Crippen LogP contribution in [0.4, 0.5) is 5.69 Å². The number of amides is 2. The molecule has 2 rings (SSSR count). The summed E-state index contributed by atoms with van der Waals surface area (Å²) >= 11 is 3.39. The Bertz CT molecular complexity index is 686. The molecule has 0 heterocycles. The topological polar surface area (TPSA) is 58.2 Å². The highest BCUT2D eigenvalue weighted by molar-refractivity contribution is 9.10. The van der Waals surface area contributed by atoms with Crippen LogP contribution in [0.5, 0.6) is 0 Å². The molecule has 0 bridgehead atoms. The van der Waals surface area contributed by atoms with E-state index >= 15 is 0 Å². The van der Waals surface area contributed by atoms with Crippen LogP contribution < -0.4 is 10.6 Å². The van der Waals surface area contributed by atoms with Crippen LogP contribution in [0.15, 0.2) is 53.0 Å². The SMILES string of the molecule is Cc1ccc(NC(=O)C(=O)NC(C)c2ccccc2)cc1Br. The number of nitrogens with one attached hydrogen (secondary N) is 2. The lowest BCUT2D eigenvalue weighted by Crippen LogP contribution is -2.36. The van der Waals surface area contributed by atoms with Gasteiger partial charge >= 0.3 is 11.8 Å². The number of anilines is 1. The molecule has 1 unspecified atom stereocenters. The Morgan fingerprint density at radius 1 is 1.05 bits per heavy atom. The average Bonchev–Trinajstić information content (AvgIpc) is 2.51. The molecule has 2 aromatic rings. The number of carbonyl (C=O) groups excluding carboxylic acids is 2. The maximum atomic E-state index is 11.9.